The van der Waals surface area contributed by atoms with Gasteiger partial charge in [0.05, 0.1) is 17.1 Å². The fourth-order valence-corrected chi connectivity index (χ4v) is 2.57. The van der Waals surface area contributed by atoms with Gasteiger partial charge in [0.25, 0.3) is 0 Å². The third-order valence-electron chi connectivity index (χ3n) is 3.61. The van der Waals surface area contributed by atoms with Gasteiger partial charge in [0.1, 0.15) is 5.82 Å². The molecular weight excluding hydrogens is 290 g/mol. The number of aryl methyl sites for hydroxylation is 1. The predicted octanol–water partition coefficient (Wildman–Crippen LogP) is 3.86. The summed E-state index contributed by atoms with van der Waals surface area (Å²) in [5.41, 5.74) is 8.51. The van der Waals surface area contributed by atoms with Crippen molar-refractivity contribution in [2.75, 3.05) is 0 Å². The number of nitrogens with two attached hydrogens (primary N) is 1. The Labute approximate surface area is 117 Å². The maximum Gasteiger partial charge on any atom is 0.127 e. The lowest BCUT2D eigenvalue weighted by Crippen LogP contribution is -2.22. The Morgan fingerprint density at radius 1 is 1.39 bits per heavy atom. The minimum Gasteiger partial charge on any atom is -0.327 e. The summed E-state index contributed by atoms with van der Waals surface area (Å²) in [6, 6.07) is 6.20. The van der Waals surface area contributed by atoms with E-state index in [9.17, 15) is 0 Å². The SMILES string of the molecule is CCC(C)C(N)c1nc2cc(Br)ccc2n1CC. The van der Waals surface area contributed by atoms with E-state index in [1.54, 1.807) is 0 Å². The van der Waals surface area contributed by atoms with Crippen LogP contribution in [0.4, 0.5) is 0 Å². The molecule has 0 saturated heterocycles. The number of fused-ring (bicyclic) bond motifs is 1. The van der Waals surface area contributed by atoms with Gasteiger partial charge in [0, 0.05) is 11.0 Å². The summed E-state index contributed by atoms with van der Waals surface area (Å²) in [6.45, 7) is 7.38. The van der Waals surface area contributed by atoms with Crippen molar-refractivity contribution in [3.63, 3.8) is 0 Å². The van der Waals surface area contributed by atoms with Gasteiger partial charge in [-0.05, 0) is 31.0 Å². The van der Waals surface area contributed by atoms with Crippen LogP contribution in [-0.4, -0.2) is 9.55 Å². The van der Waals surface area contributed by atoms with Crippen molar-refractivity contribution in [1.82, 2.24) is 9.55 Å². The van der Waals surface area contributed by atoms with Crippen LogP contribution in [0.5, 0.6) is 0 Å². The largest absolute Gasteiger partial charge is 0.327 e. The van der Waals surface area contributed by atoms with Gasteiger partial charge in [-0.2, -0.15) is 0 Å². The van der Waals surface area contributed by atoms with Gasteiger partial charge < -0.3 is 10.3 Å². The molecule has 0 aliphatic heterocycles. The highest BCUT2D eigenvalue weighted by molar-refractivity contribution is 9.10. The van der Waals surface area contributed by atoms with Crippen molar-refractivity contribution in [3.8, 4) is 0 Å². The summed E-state index contributed by atoms with van der Waals surface area (Å²) in [5.74, 6) is 1.44. The van der Waals surface area contributed by atoms with E-state index >= 15 is 0 Å². The van der Waals surface area contributed by atoms with Crippen LogP contribution < -0.4 is 5.73 Å². The molecule has 2 rings (SSSR count). The summed E-state index contributed by atoms with van der Waals surface area (Å²) >= 11 is 3.49. The zero-order valence-corrected chi connectivity index (χ0v) is 12.7. The lowest BCUT2D eigenvalue weighted by atomic mass is 9.99. The molecule has 0 aliphatic rings. The molecular formula is C14H20BrN3. The maximum atomic E-state index is 6.33. The van der Waals surface area contributed by atoms with Crippen LogP contribution in [0.2, 0.25) is 0 Å². The highest BCUT2D eigenvalue weighted by Crippen LogP contribution is 2.27. The summed E-state index contributed by atoms with van der Waals surface area (Å²) in [4.78, 5) is 4.72. The number of benzene rings is 1. The molecule has 0 radical (unpaired) electrons. The first kappa shape index (κ1) is 13.6. The van der Waals surface area contributed by atoms with Gasteiger partial charge >= 0.3 is 0 Å². The molecule has 0 amide bonds. The Morgan fingerprint density at radius 2 is 2.11 bits per heavy atom. The molecule has 0 saturated carbocycles. The number of hydrogen-bond donors (Lipinski definition) is 1. The minimum absolute atomic E-state index is 0.00104. The van der Waals surface area contributed by atoms with Crippen molar-refractivity contribution in [2.24, 2.45) is 11.7 Å². The molecule has 0 spiro atoms. The Balaban J connectivity index is 2.56. The summed E-state index contributed by atoms with van der Waals surface area (Å²) in [7, 11) is 0. The highest BCUT2D eigenvalue weighted by atomic mass is 79.9. The first-order valence-electron chi connectivity index (χ1n) is 6.49. The second-order valence-electron chi connectivity index (χ2n) is 4.76. The highest BCUT2D eigenvalue weighted by Gasteiger charge is 2.20. The van der Waals surface area contributed by atoms with E-state index in [4.69, 9.17) is 10.7 Å². The zero-order valence-electron chi connectivity index (χ0n) is 11.2. The van der Waals surface area contributed by atoms with E-state index in [-0.39, 0.29) is 6.04 Å². The van der Waals surface area contributed by atoms with E-state index in [0.29, 0.717) is 5.92 Å². The fraction of sp³-hybridized carbons (Fsp3) is 0.500. The number of hydrogen-bond acceptors (Lipinski definition) is 2. The Kier molecular flexibility index (Phi) is 4.07. The number of imidazole rings is 1. The third-order valence-corrected chi connectivity index (χ3v) is 4.10. The molecule has 0 bridgehead atoms. The molecule has 1 aromatic carbocycles. The zero-order chi connectivity index (χ0) is 13.3. The van der Waals surface area contributed by atoms with E-state index in [1.165, 1.54) is 0 Å². The average molecular weight is 310 g/mol. The van der Waals surface area contributed by atoms with Crippen LogP contribution in [0.25, 0.3) is 11.0 Å². The van der Waals surface area contributed by atoms with Crippen LogP contribution in [-0.2, 0) is 6.54 Å². The fourth-order valence-electron chi connectivity index (χ4n) is 2.22. The molecule has 0 aliphatic carbocycles. The van der Waals surface area contributed by atoms with Crippen molar-refractivity contribution < 1.29 is 0 Å². The summed E-state index contributed by atoms with van der Waals surface area (Å²) in [5, 5.41) is 0. The smallest absolute Gasteiger partial charge is 0.127 e. The van der Waals surface area contributed by atoms with Gasteiger partial charge in [0.15, 0.2) is 0 Å². The van der Waals surface area contributed by atoms with Crippen molar-refractivity contribution in [1.29, 1.82) is 0 Å². The van der Waals surface area contributed by atoms with Crippen molar-refractivity contribution >= 4 is 27.0 Å². The van der Waals surface area contributed by atoms with Gasteiger partial charge in [0.2, 0.25) is 0 Å². The maximum absolute atomic E-state index is 6.33. The Bertz CT molecular complexity index is 547. The van der Waals surface area contributed by atoms with E-state index in [0.717, 1.165) is 34.3 Å². The number of aromatic nitrogens is 2. The minimum atomic E-state index is 0.00104. The van der Waals surface area contributed by atoms with E-state index < -0.39 is 0 Å². The number of nitrogens with zero attached hydrogens (tertiary/aromatic N) is 2. The van der Waals surface area contributed by atoms with Gasteiger partial charge in [-0.25, -0.2) is 4.98 Å². The summed E-state index contributed by atoms with van der Waals surface area (Å²) < 4.78 is 3.28. The van der Waals surface area contributed by atoms with E-state index in [2.05, 4.69) is 53.4 Å². The molecule has 2 atom stereocenters. The quantitative estimate of drug-likeness (QED) is 0.932. The first-order chi connectivity index (χ1) is 8.58. The van der Waals surface area contributed by atoms with Gasteiger partial charge in [-0.3, -0.25) is 0 Å². The van der Waals surface area contributed by atoms with Gasteiger partial charge in [-0.15, -0.1) is 0 Å². The second kappa shape index (κ2) is 5.41. The number of rotatable bonds is 4. The van der Waals surface area contributed by atoms with Crippen LogP contribution in [0.15, 0.2) is 22.7 Å². The molecule has 2 aromatic rings. The summed E-state index contributed by atoms with van der Waals surface area (Å²) in [6.07, 6.45) is 1.07. The molecule has 1 aromatic heterocycles. The van der Waals surface area contributed by atoms with Crippen LogP contribution in [0, 0.1) is 5.92 Å². The standard InChI is InChI=1S/C14H20BrN3/c1-4-9(3)13(16)14-17-11-8-10(15)6-7-12(11)18(14)5-2/h6-9,13H,4-5,16H2,1-3H3. The molecule has 0 fully saturated rings. The third kappa shape index (κ3) is 2.31. The average Bonchev–Trinajstić information content (AvgIpc) is 2.74. The lowest BCUT2D eigenvalue weighted by Gasteiger charge is -2.18. The van der Waals surface area contributed by atoms with Crippen LogP contribution in [0.3, 0.4) is 0 Å². The molecule has 4 heteroatoms. The van der Waals surface area contributed by atoms with Gasteiger partial charge in [-0.1, -0.05) is 36.2 Å². The molecule has 2 unspecified atom stereocenters. The molecule has 2 N–H and O–H groups in total. The predicted molar refractivity (Wildman–Crippen MR) is 79.5 cm³/mol. The van der Waals surface area contributed by atoms with Crippen molar-refractivity contribution in [2.45, 2.75) is 39.8 Å². The molecule has 1 heterocycles. The van der Waals surface area contributed by atoms with Crippen LogP contribution in [0.1, 0.15) is 39.1 Å². The monoisotopic (exact) mass is 309 g/mol. The Hall–Kier alpha value is -0.870. The Morgan fingerprint density at radius 3 is 2.72 bits per heavy atom. The molecule has 18 heavy (non-hydrogen) atoms. The van der Waals surface area contributed by atoms with Crippen LogP contribution >= 0.6 is 15.9 Å². The molecule has 3 nitrogen and oxygen atoms in total. The number of halogens is 1. The molecule has 98 valence electrons. The van der Waals surface area contributed by atoms with E-state index in [1.807, 2.05) is 6.07 Å². The second-order valence-corrected chi connectivity index (χ2v) is 5.67. The van der Waals surface area contributed by atoms with Crippen molar-refractivity contribution in [3.05, 3.63) is 28.5 Å². The normalized spacial score (nSPS) is 14.9. The lowest BCUT2D eigenvalue weighted by molar-refractivity contribution is 0.427. The first-order valence-corrected chi connectivity index (χ1v) is 7.29. The topological polar surface area (TPSA) is 43.8 Å².